The minimum absolute atomic E-state index is 0.126. The standard InChI is InChI=1S/C13H23N3O4/c1-14-12(19)10-6-5-9-16(10)13(20)15-8-4-2-3-7-11(17)18/h10H,2-9H2,1H3,(H,14,19)(H,15,20)(H,17,18). The average Bonchev–Trinajstić information content (AvgIpc) is 2.90. The Morgan fingerprint density at radius 2 is 2.00 bits per heavy atom. The molecule has 1 atom stereocenters. The molecular formula is C13H23N3O4. The van der Waals surface area contributed by atoms with E-state index >= 15 is 0 Å². The highest BCUT2D eigenvalue weighted by Crippen LogP contribution is 2.17. The van der Waals surface area contributed by atoms with E-state index in [9.17, 15) is 14.4 Å². The maximum absolute atomic E-state index is 12.0. The van der Waals surface area contributed by atoms with Crippen molar-refractivity contribution in [3.05, 3.63) is 0 Å². The molecule has 1 aliphatic heterocycles. The second-order valence-corrected chi connectivity index (χ2v) is 4.90. The largest absolute Gasteiger partial charge is 0.481 e. The molecule has 1 aliphatic rings. The number of carboxylic acids is 1. The molecule has 0 aromatic rings. The van der Waals surface area contributed by atoms with Crippen LogP contribution in [0.2, 0.25) is 0 Å². The van der Waals surface area contributed by atoms with Gasteiger partial charge in [-0.3, -0.25) is 9.59 Å². The normalized spacial score (nSPS) is 17.9. The van der Waals surface area contributed by atoms with E-state index in [-0.39, 0.29) is 24.4 Å². The highest BCUT2D eigenvalue weighted by molar-refractivity contribution is 5.87. The molecule has 1 heterocycles. The number of carbonyl (C=O) groups is 3. The molecule has 3 N–H and O–H groups in total. The Kier molecular flexibility index (Phi) is 6.83. The second kappa shape index (κ2) is 8.39. The maximum atomic E-state index is 12.0. The predicted molar refractivity (Wildman–Crippen MR) is 73.3 cm³/mol. The van der Waals surface area contributed by atoms with Crippen LogP contribution >= 0.6 is 0 Å². The summed E-state index contributed by atoms with van der Waals surface area (Å²) >= 11 is 0. The lowest BCUT2D eigenvalue weighted by Crippen LogP contribution is -2.49. The van der Waals surface area contributed by atoms with Crippen LogP contribution in [0.3, 0.4) is 0 Å². The van der Waals surface area contributed by atoms with E-state index in [0.29, 0.717) is 25.9 Å². The number of rotatable bonds is 7. The van der Waals surface area contributed by atoms with Crippen molar-refractivity contribution in [3.63, 3.8) is 0 Å². The average molecular weight is 285 g/mol. The molecule has 0 aliphatic carbocycles. The summed E-state index contributed by atoms with van der Waals surface area (Å²) in [5, 5.41) is 13.8. The number of urea groups is 1. The van der Waals surface area contributed by atoms with E-state index in [1.54, 1.807) is 11.9 Å². The molecule has 0 spiro atoms. The zero-order valence-corrected chi connectivity index (χ0v) is 11.9. The molecule has 7 heteroatoms. The lowest BCUT2D eigenvalue weighted by Gasteiger charge is -2.23. The van der Waals surface area contributed by atoms with E-state index in [1.165, 1.54) is 0 Å². The third kappa shape index (κ3) is 5.07. The summed E-state index contributed by atoms with van der Waals surface area (Å²) in [6.45, 7) is 1.11. The first-order chi connectivity index (χ1) is 9.56. The van der Waals surface area contributed by atoms with E-state index in [1.807, 2.05) is 0 Å². The summed E-state index contributed by atoms with van der Waals surface area (Å²) in [5.41, 5.74) is 0. The van der Waals surface area contributed by atoms with Gasteiger partial charge < -0.3 is 20.6 Å². The lowest BCUT2D eigenvalue weighted by atomic mass is 10.2. The fourth-order valence-electron chi connectivity index (χ4n) is 2.32. The number of aliphatic carboxylic acids is 1. The summed E-state index contributed by atoms with van der Waals surface area (Å²) in [6.07, 6.45) is 3.84. The van der Waals surface area contributed by atoms with Crippen molar-refractivity contribution in [3.8, 4) is 0 Å². The first kappa shape index (κ1) is 16.3. The summed E-state index contributed by atoms with van der Waals surface area (Å²) in [7, 11) is 1.57. The molecule has 1 fully saturated rings. The monoisotopic (exact) mass is 285 g/mol. The van der Waals surface area contributed by atoms with Crippen molar-refractivity contribution in [2.45, 2.75) is 44.6 Å². The Morgan fingerprint density at radius 3 is 2.65 bits per heavy atom. The summed E-state index contributed by atoms with van der Waals surface area (Å²) < 4.78 is 0. The Bertz CT molecular complexity index is 360. The predicted octanol–water partition coefficient (Wildman–Crippen LogP) is 0.551. The van der Waals surface area contributed by atoms with Crippen LogP contribution in [0.4, 0.5) is 4.79 Å². The summed E-state index contributed by atoms with van der Waals surface area (Å²) in [5.74, 6) is -0.918. The number of likely N-dealkylation sites (N-methyl/N-ethyl adjacent to an activating group) is 1. The van der Waals surface area contributed by atoms with Gasteiger partial charge in [-0.2, -0.15) is 0 Å². The number of nitrogens with zero attached hydrogens (tertiary/aromatic N) is 1. The van der Waals surface area contributed by atoms with Gasteiger partial charge in [0.15, 0.2) is 0 Å². The molecule has 0 bridgehead atoms. The minimum Gasteiger partial charge on any atom is -0.481 e. The van der Waals surface area contributed by atoms with E-state index in [0.717, 1.165) is 19.3 Å². The number of carbonyl (C=O) groups excluding carboxylic acids is 2. The molecule has 1 rings (SSSR count). The van der Waals surface area contributed by atoms with Crippen molar-refractivity contribution < 1.29 is 19.5 Å². The van der Waals surface area contributed by atoms with Gasteiger partial charge in [-0.1, -0.05) is 6.42 Å². The molecular weight excluding hydrogens is 262 g/mol. The summed E-state index contributed by atoms with van der Waals surface area (Å²) in [4.78, 5) is 35.5. The van der Waals surface area contributed by atoms with Crippen molar-refractivity contribution in [2.75, 3.05) is 20.1 Å². The Labute approximate surface area is 118 Å². The minimum atomic E-state index is -0.792. The van der Waals surface area contributed by atoms with Crippen LogP contribution < -0.4 is 10.6 Å². The van der Waals surface area contributed by atoms with Crippen molar-refractivity contribution in [1.29, 1.82) is 0 Å². The van der Waals surface area contributed by atoms with Crippen LogP contribution in [0.15, 0.2) is 0 Å². The van der Waals surface area contributed by atoms with Crippen molar-refractivity contribution in [2.24, 2.45) is 0 Å². The van der Waals surface area contributed by atoms with Crippen LogP contribution in [-0.4, -0.2) is 54.1 Å². The van der Waals surface area contributed by atoms with Gasteiger partial charge in [-0.15, -0.1) is 0 Å². The molecule has 114 valence electrons. The van der Waals surface area contributed by atoms with Gasteiger partial charge in [0.05, 0.1) is 0 Å². The van der Waals surface area contributed by atoms with Gasteiger partial charge in [0.2, 0.25) is 5.91 Å². The Morgan fingerprint density at radius 1 is 1.25 bits per heavy atom. The summed E-state index contributed by atoms with van der Waals surface area (Å²) in [6, 6.07) is -0.582. The number of amides is 3. The SMILES string of the molecule is CNC(=O)C1CCCN1C(=O)NCCCCCC(=O)O. The molecule has 7 nitrogen and oxygen atoms in total. The molecule has 0 aromatic carbocycles. The number of hydrogen-bond acceptors (Lipinski definition) is 3. The van der Waals surface area contributed by atoms with E-state index in [4.69, 9.17) is 5.11 Å². The van der Waals surface area contributed by atoms with Gasteiger partial charge in [0.1, 0.15) is 6.04 Å². The fourth-order valence-corrected chi connectivity index (χ4v) is 2.32. The second-order valence-electron chi connectivity index (χ2n) is 4.90. The van der Waals surface area contributed by atoms with Crippen LogP contribution in [0.1, 0.15) is 38.5 Å². The first-order valence-electron chi connectivity index (χ1n) is 7.04. The number of likely N-dealkylation sites (tertiary alicyclic amines) is 1. The van der Waals surface area contributed by atoms with Crippen LogP contribution in [0, 0.1) is 0 Å². The van der Waals surface area contributed by atoms with Crippen LogP contribution in [-0.2, 0) is 9.59 Å². The van der Waals surface area contributed by atoms with Gasteiger partial charge in [-0.05, 0) is 25.7 Å². The maximum Gasteiger partial charge on any atom is 0.318 e. The molecule has 3 amide bonds. The van der Waals surface area contributed by atoms with Gasteiger partial charge in [0.25, 0.3) is 0 Å². The number of nitrogens with one attached hydrogen (secondary N) is 2. The van der Waals surface area contributed by atoms with Gasteiger partial charge in [0, 0.05) is 26.6 Å². The molecule has 0 radical (unpaired) electrons. The first-order valence-corrected chi connectivity index (χ1v) is 7.04. The zero-order chi connectivity index (χ0) is 15.0. The molecule has 20 heavy (non-hydrogen) atoms. The Hall–Kier alpha value is -1.79. The molecule has 1 unspecified atom stereocenters. The lowest BCUT2D eigenvalue weighted by molar-refractivity contribution is -0.137. The van der Waals surface area contributed by atoms with Gasteiger partial charge >= 0.3 is 12.0 Å². The number of carboxylic acid groups (broad SMARTS) is 1. The molecule has 1 saturated heterocycles. The fraction of sp³-hybridized carbons (Fsp3) is 0.769. The highest BCUT2D eigenvalue weighted by Gasteiger charge is 2.33. The smallest absolute Gasteiger partial charge is 0.318 e. The quantitative estimate of drug-likeness (QED) is 0.595. The molecule has 0 aromatic heterocycles. The zero-order valence-electron chi connectivity index (χ0n) is 11.9. The Balaban J connectivity index is 2.21. The number of unbranched alkanes of at least 4 members (excludes halogenated alkanes) is 2. The third-order valence-electron chi connectivity index (χ3n) is 3.41. The number of hydrogen-bond donors (Lipinski definition) is 3. The topological polar surface area (TPSA) is 98.7 Å². The van der Waals surface area contributed by atoms with E-state index in [2.05, 4.69) is 10.6 Å². The third-order valence-corrected chi connectivity index (χ3v) is 3.41. The van der Waals surface area contributed by atoms with E-state index < -0.39 is 5.97 Å². The van der Waals surface area contributed by atoms with Crippen LogP contribution in [0.5, 0.6) is 0 Å². The molecule has 0 saturated carbocycles. The van der Waals surface area contributed by atoms with Crippen molar-refractivity contribution >= 4 is 17.9 Å². The van der Waals surface area contributed by atoms with Gasteiger partial charge in [-0.25, -0.2) is 4.79 Å². The van der Waals surface area contributed by atoms with Crippen molar-refractivity contribution in [1.82, 2.24) is 15.5 Å². The highest BCUT2D eigenvalue weighted by atomic mass is 16.4. The van der Waals surface area contributed by atoms with Crippen LogP contribution in [0.25, 0.3) is 0 Å².